The fourth-order valence-electron chi connectivity index (χ4n) is 2.74. The van der Waals surface area contributed by atoms with Crippen molar-refractivity contribution in [1.82, 2.24) is 0 Å². The van der Waals surface area contributed by atoms with Gasteiger partial charge in [0, 0.05) is 4.47 Å². The Balaban J connectivity index is 1.89. The highest BCUT2D eigenvalue weighted by atomic mass is 79.9. The van der Waals surface area contributed by atoms with Crippen LogP contribution in [-0.2, 0) is 0 Å². The first-order valence-electron chi connectivity index (χ1n) is 7.26. The van der Waals surface area contributed by atoms with E-state index in [1.165, 1.54) is 36.0 Å². The Morgan fingerprint density at radius 2 is 1.85 bits per heavy atom. The maximum Gasteiger partial charge on any atom is 0.0552 e. The molecule has 20 heavy (non-hydrogen) atoms. The molecule has 0 heterocycles. The zero-order valence-electron chi connectivity index (χ0n) is 11.8. The van der Waals surface area contributed by atoms with Gasteiger partial charge >= 0.3 is 0 Å². The third-order valence-corrected chi connectivity index (χ3v) is 5.26. The summed E-state index contributed by atoms with van der Waals surface area (Å²) in [6, 6.07) is 15.2. The molecule has 1 unspecified atom stereocenters. The first-order chi connectivity index (χ1) is 9.65. The molecule has 2 aromatic rings. The lowest BCUT2D eigenvalue weighted by molar-refractivity contribution is 0.419. The summed E-state index contributed by atoms with van der Waals surface area (Å²) in [4.78, 5) is 0. The highest BCUT2D eigenvalue weighted by Gasteiger charge is 2.20. The van der Waals surface area contributed by atoms with Crippen LogP contribution in [0.15, 0.2) is 46.9 Å². The molecule has 0 aliphatic heterocycles. The Bertz CT molecular complexity index is 617. The van der Waals surface area contributed by atoms with Crippen LogP contribution in [0, 0.1) is 6.92 Å². The van der Waals surface area contributed by atoms with Crippen LogP contribution in [-0.4, -0.2) is 0 Å². The Labute approximate surface area is 129 Å². The molecular weight excluding hydrogens is 310 g/mol. The summed E-state index contributed by atoms with van der Waals surface area (Å²) in [6.45, 7) is 2.09. The highest BCUT2D eigenvalue weighted by Crippen LogP contribution is 2.37. The molecule has 3 rings (SSSR count). The van der Waals surface area contributed by atoms with E-state index in [1.54, 1.807) is 0 Å². The van der Waals surface area contributed by atoms with E-state index in [0.29, 0.717) is 0 Å². The fourth-order valence-corrected chi connectivity index (χ4v) is 3.14. The number of rotatable bonds is 3. The first kappa shape index (κ1) is 13.8. The number of hydrogen-bond acceptors (Lipinski definition) is 1. The van der Waals surface area contributed by atoms with Gasteiger partial charge in [-0.3, -0.25) is 0 Å². The molecule has 2 N–H and O–H groups in total. The van der Waals surface area contributed by atoms with Crippen molar-refractivity contribution >= 4 is 15.9 Å². The maximum absolute atomic E-state index is 6.44. The van der Waals surface area contributed by atoms with Gasteiger partial charge in [0.05, 0.1) is 6.04 Å². The molecule has 1 saturated carbocycles. The summed E-state index contributed by atoms with van der Waals surface area (Å²) in [7, 11) is 0. The van der Waals surface area contributed by atoms with Gasteiger partial charge in [-0.2, -0.15) is 0 Å². The molecule has 104 valence electrons. The van der Waals surface area contributed by atoms with Crippen LogP contribution in [0.4, 0.5) is 0 Å². The van der Waals surface area contributed by atoms with Crippen LogP contribution < -0.4 is 5.73 Å². The second-order valence-electron chi connectivity index (χ2n) is 5.78. The lowest BCUT2D eigenvalue weighted by Crippen LogP contribution is -2.14. The van der Waals surface area contributed by atoms with Gasteiger partial charge in [0.15, 0.2) is 0 Å². The van der Waals surface area contributed by atoms with Crippen molar-refractivity contribution in [2.75, 3.05) is 0 Å². The summed E-state index contributed by atoms with van der Waals surface area (Å²) >= 11 is 3.59. The summed E-state index contributed by atoms with van der Waals surface area (Å²) in [5.74, 6) is 0.756. The van der Waals surface area contributed by atoms with Gasteiger partial charge in [-0.1, -0.05) is 58.7 Å². The molecule has 1 aliphatic carbocycles. The van der Waals surface area contributed by atoms with Crippen LogP contribution in [0.5, 0.6) is 0 Å². The van der Waals surface area contributed by atoms with Crippen molar-refractivity contribution in [3.63, 3.8) is 0 Å². The molecule has 0 saturated heterocycles. The Morgan fingerprint density at radius 1 is 1.10 bits per heavy atom. The average Bonchev–Trinajstić information content (AvgIpc) is 2.39. The summed E-state index contributed by atoms with van der Waals surface area (Å²) < 4.78 is 1.13. The van der Waals surface area contributed by atoms with Gasteiger partial charge < -0.3 is 5.73 Å². The average molecular weight is 330 g/mol. The molecule has 2 heteroatoms. The van der Waals surface area contributed by atoms with Crippen LogP contribution in [0.25, 0.3) is 0 Å². The van der Waals surface area contributed by atoms with Crippen LogP contribution in [0.3, 0.4) is 0 Å². The maximum atomic E-state index is 6.44. The molecule has 0 radical (unpaired) electrons. The Morgan fingerprint density at radius 3 is 2.50 bits per heavy atom. The predicted molar refractivity (Wildman–Crippen MR) is 87.9 cm³/mol. The van der Waals surface area contributed by atoms with E-state index in [9.17, 15) is 0 Å². The van der Waals surface area contributed by atoms with E-state index in [4.69, 9.17) is 5.73 Å². The largest absolute Gasteiger partial charge is 0.320 e. The van der Waals surface area contributed by atoms with Gasteiger partial charge in [0.1, 0.15) is 0 Å². The predicted octanol–water partition coefficient (Wildman–Crippen LogP) is 5.07. The number of benzene rings is 2. The Hall–Kier alpha value is -1.12. The molecule has 0 spiro atoms. The van der Waals surface area contributed by atoms with Crippen molar-refractivity contribution in [2.45, 2.75) is 38.1 Å². The SMILES string of the molecule is Cc1ccc(C(N)c2cccc(C3CCC3)c2)cc1Br. The van der Waals surface area contributed by atoms with Gasteiger partial charge in [-0.15, -0.1) is 0 Å². The van der Waals surface area contributed by atoms with E-state index in [0.717, 1.165) is 16.0 Å². The molecule has 0 amide bonds. The van der Waals surface area contributed by atoms with Crippen LogP contribution >= 0.6 is 15.9 Å². The Kier molecular flexibility index (Phi) is 3.95. The summed E-state index contributed by atoms with van der Waals surface area (Å²) in [5.41, 5.74) is 11.5. The van der Waals surface area contributed by atoms with Gasteiger partial charge in [-0.05, 0) is 54.0 Å². The molecule has 0 aromatic heterocycles. The normalized spacial score (nSPS) is 16.8. The molecule has 1 fully saturated rings. The van der Waals surface area contributed by atoms with Crippen molar-refractivity contribution in [3.8, 4) is 0 Å². The van der Waals surface area contributed by atoms with Crippen molar-refractivity contribution in [3.05, 3.63) is 69.2 Å². The van der Waals surface area contributed by atoms with Crippen molar-refractivity contribution in [1.29, 1.82) is 0 Å². The van der Waals surface area contributed by atoms with E-state index in [-0.39, 0.29) is 6.04 Å². The minimum atomic E-state index is -0.0491. The van der Waals surface area contributed by atoms with E-state index in [2.05, 4.69) is 65.3 Å². The van der Waals surface area contributed by atoms with Gasteiger partial charge in [0.25, 0.3) is 0 Å². The highest BCUT2D eigenvalue weighted by molar-refractivity contribution is 9.10. The fraction of sp³-hybridized carbons (Fsp3) is 0.333. The molecule has 1 aliphatic rings. The van der Waals surface area contributed by atoms with Gasteiger partial charge in [0.2, 0.25) is 0 Å². The third kappa shape index (κ3) is 2.68. The second kappa shape index (κ2) is 5.71. The van der Waals surface area contributed by atoms with E-state index in [1.807, 2.05) is 0 Å². The lowest BCUT2D eigenvalue weighted by Gasteiger charge is -2.26. The first-order valence-corrected chi connectivity index (χ1v) is 8.06. The summed E-state index contributed by atoms with van der Waals surface area (Å²) in [5, 5.41) is 0. The number of aryl methyl sites for hydroxylation is 1. The smallest absolute Gasteiger partial charge is 0.0552 e. The van der Waals surface area contributed by atoms with Crippen molar-refractivity contribution < 1.29 is 0 Å². The molecule has 2 aromatic carbocycles. The van der Waals surface area contributed by atoms with Crippen molar-refractivity contribution in [2.24, 2.45) is 5.73 Å². The molecule has 1 nitrogen and oxygen atoms in total. The van der Waals surface area contributed by atoms with Gasteiger partial charge in [-0.25, -0.2) is 0 Å². The summed E-state index contributed by atoms with van der Waals surface area (Å²) in [6.07, 6.45) is 4.02. The topological polar surface area (TPSA) is 26.0 Å². The van der Waals surface area contributed by atoms with E-state index < -0.39 is 0 Å². The van der Waals surface area contributed by atoms with E-state index >= 15 is 0 Å². The zero-order valence-corrected chi connectivity index (χ0v) is 13.4. The monoisotopic (exact) mass is 329 g/mol. The molecule has 1 atom stereocenters. The third-order valence-electron chi connectivity index (χ3n) is 4.40. The number of halogens is 1. The zero-order chi connectivity index (χ0) is 14.1. The molecule has 0 bridgehead atoms. The number of hydrogen-bond donors (Lipinski definition) is 1. The standard InChI is InChI=1S/C18H20BrN/c1-12-8-9-16(11-17(12)19)18(20)15-7-3-6-14(10-15)13-4-2-5-13/h3,6-11,13,18H,2,4-5,20H2,1H3. The molecular formula is C18H20BrN. The number of nitrogens with two attached hydrogens (primary N) is 1. The lowest BCUT2D eigenvalue weighted by atomic mass is 9.79. The van der Waals surface area contributed by atoms with Crippen LogP contribution in [0.1, 0.15) is 53.5 Å². The minimum absolute atomic E-state index is 0.0491. The second-order valence-corrected chi connectivity index (χ2v) is 6.64. The quantitative estimate of drug-likeness (QED) is 0.835. The van der Waals surface area contributed by atoms with Crippen LogP contribution in [0.2, 0.25) is 0 Å². The minimum Gasteiger partial charge on any atom is -0.320 e.